The third-order valence-electron chi connectivity index (χ3n) is 2.16. The van der Waals surface area contributed by atoms with Gasteiger partial charge in [0.1, 0.15) is 0 Å². The Hall–Kier alpha value is -1.60. The molecule has 2 N–H and O–H groups in total. The van der Waals surface area contributed by atoms with Crippen molar-refractivity contribution in [2.24, 2.45) is 0 Å². The van der Waals surface area contributed by atoms with Crippen molar-refractivity contribution in [1.29, 1.82) is 0 Å². The van der Waals surface area contributed by atoms with E-state index in [9.17, 15) is 18.0 Å². The molecule has 0 aliphatic heterocycles. The van der Waals surface area contributed by atoms with E-state index in [-0.39, 0.29) is 19.0 Å². The van der Waals surface area contributed by atoms with Gasteiger partial charge in [0.25, 0.3) is 0 Å². The van der Waals surface area contributed by atoms with Crippen LogP contribution < -0.4 is 10.6 Å². The fourth-order valence-corrected chi connectivity index (χ4v) is 1.30. The molecule has 106 valence electrons. The highest BCUT2D eigenvalue weighted by Crippen LogP contribution is 2.14. The smallest absolute Gasteiger partial charge is 0.351 e. The van der Waals surface area contributed by atoms with Crippen LogP contribution in [0, 0.1) is 0 Å². The van der Waals surface area contributed by atoms with E-state index in [1.165, 1.54) is 0 Å². The monoisotopic (exact) mass is 276 g/mol. The zero-order chi connectivity index (χ0) is 14.1. The number of alkyl halides is 3. The second kappa shape index (κ2) is 7.75. The van der Waals surface area contributed by atoms with Crippen LogP contribution in [0.5, 0.6) is 0 Å². The van der Waals surface area contributed by atoms with Crippen LogP contribution in [0.1, 0.15) is 5.56 Å². The Morgan fingerprint density at radius 2 is 1.89 bits per heavy atom. The lowest BCUT2D eigenvalue weighted by Crippen LogP contribution is -2.35. The molecule has 0 radical (unpaired) electrons. The van der Waals surface area contributed by atoms with E-state index in [0.29, 0.717) is 6.54 Å². The molecule has 1 aromatic rings. The molecule has 7 heteroatoms. The number of hydrogen-bond acceptors (Lipinski definition) is 3. The Labute approximate surface area is 108 Å². The summed E-state index contributed by atoms with van der Waals surface area (Å²) in [7, 11) is 0. The van der Waals surface area contributed by atoms with Crippen molar-refractivity contribution < 1.29 is 22.7 Å². The second-order valence-corrected chi connectivity index (χ2v) is 3.73. The first-order valence-electron chi connectivity index (χ1n) is 5.69. The van der Waals surface area contributed by atoms with Gasteiger partial charge < -0.3 is 10.6 Å². The molecule has 0 aliphatic rings. The predicted molar refractivity (Wildman–Crippen MR) is 63.2 cm³/mol. The summed E-state index contributed by atoms with van der Waals surface area (Å²) in [5, 5.41) is 5.20. The molecule has 0 spiro atoms. The van der Waals surface area contributed by atoms with Gasteiger partial charge in [-0.2, -0.15) is 0 Å². The van der Waals surface area contributed by atoms with Gasteiger partial charge in [0.05, 0.1) is 13.2 Å². The highest BCUT2D eigenvalue weighted by atomic mass is 19.4. The van der Waals surface area contributed by atoms with E-state index in [2.05, 4.69) is 15.4 Å². The Kier molecular flexibility index (Phi) is 6.31. The van der Waals surface area contributed by atoms with Crippen LogP contribution in [-0.2, 0) is 16.1 Å². The molecule has 0 aromatic heterocycles. The number of carbonyl (C=O) groups is 1. The van der Waals surface area contributed by atoms with Crippen molar-refractivity contribution in [1.82, 2.24) is 10.6 Å². The standard InChI is InChI=1S/C12H15F3N2O2/c13-12(14,15)19-7-6-16-9-11(18)17-8-10-4-2-1-3-5-10/h1-5,16H,6-9H2,(H,17,18). The lowest BCUT2D eigenvalue weighted by Gasteiger charge is -2.08. The number of hydrogen-bond donors (Lipinski definition) is 2. The lowest BCUT2D eigenvalue weighted by atomic mass is 10.2. The first kappa shape index (κ1) is 15.5. The fraction of sp³-hybridized carbons (Fsp3) is 0.417. The minimum Gasteiger partial charge on any atom is -0.351 e. The van der Waals surface area contributed by atoms with Gasteiger partial charge >= 0.3 is 6.36 Å². The molecule has 0 fully saturated rings. The van der Waals surface area contributed by atoms with E-state index >= 15 is 0 Å². The highest BCUT2D eigenvalue weighted by molar-refractivity contribution is 5.77. The minimum atomic E-state index is -4.63. The average molecular weight is 276 g/mol. The molecule has 0 saturated heterocycles. The van der Waals surface area contributed by atoms with Gasteiger partial charge in [0, 0.05) is 13.1 Å². The van der Waals surface area contributed by atoms with E-state index in [4.69, 9.17) is 0 Å². The van der Waals surface area contributed by atoms with Gasteiger partial charge in [-0.3, -0.25) is 9.53 Å². The molecule has 1 aromatic carbocycles. The number of nitrogens with one attached hydrogen (secondary N) is 2. The number of rotatable bonds is 7. The van der Waals surface area contributed by atoms with Crippen LogP contribution in [-0.4, -0.2) is 32.0 Å². The van der Waals surface area contributed by atoms with Crippen LogP contribution >= 0.6 is 0 Å². The van der Waals surface area contributed by atoms with Crippen molar-refractivity contribution in [2.45, 2.75) is 12.9 Å². The van der Waals surface area contributed by atoms with Crippen LogP contribution in [0.2, 0.25) is 0 Å². The summed E-state index contributed by atoms with van der Waals surface area (Å²) in [6.07, 6.45) is -4.63. The van der Waals surface area contributed by atoms with Crippen LogP contribution in [0.3, 0.4) is 0 Å². The molecule has 0 atom stereocenters. The van der Waals surface area contributed by atoms with E-state index < -0.39 is 13.0 Å². The summed E-state index contributed by atoms with van der Waals surface area (Å²) >= 11 is 0. The van der Waals surface area contributed by atoms with Gasteiger partial charge in [-0.05, 0) is 5.56 Å². The SMILES string of the molecule is O=C(CNCCOC(F)(F)F)NCc1ccccc1. The van der Waals surface area contributed by atoms with Crippen molar-refractivity contribution in [3.63, 3.8) is 0 Å². The first-order valence-corrected chi connectivity index (χ1v) is 5.69. The molecular formula is C12H15F3N2O2. The molecule has 19 heavy (non-hydrogen) atoms. The quantitative estimate of drug-likeness (QED) is 0.741. The van der Waals surface area contributed by atoms with Gasteiger partial charge in [0.15, 0.2) is 0 Å². The normalized spacial score (nSPS) is 11.3. The largest absolute Gasteiger partial charge is 0.522 e. The molecule has 0 heterocycles. The zero-order valence-corrected chi connectivity index (χ0v) is 10.2. The summed E-state index contributed by atoms with van der Waals surface area (Å²) in [6, 6.07) is 9.31. The fourth-order valence-electron chi connectivity index (χ4n) is 1.30. The number of ether oxygens (including phenoxy) is 1. The maximum absolute atomic E-state index is 11.6. The number of carbonyl (C=O) groups excluding carboxylic acids is 1. The Morgan fingerprint density at radius 3 is 2.53 bits per heavy atom. The molecular weight excluding hydrogens is 261 g/mol. The van der Waals surface area contributed by atoms with Crippen molar-refractivity contribution in [3.05, 3.63) is 35.9 Å². The maximum atomic E-state index is 11.6. The summed E-state index contributed by atoms with van der Waals surface area (Å²) in [6.45, 7) is -0.220. The topological polar surface area (TPSA) is 50.4 Å². The Bertz CT molecular complexity index is 382. The molecule has 0 unspecified atom stereocenters. The van der Waals surface area contributed by atoms with E-state index in [0.717, 1.165) is 5.56 Å². The van der Waals surface area contributed by atoms with Crippen molar-refractivity contribution in [2.75, 3.05) is 19.7 Å². The van der Waals surface area contributed by atoms with Gasteiger partial charge in [-0.1, -0.05) is 30.3 Å². The predicted octanol–water partition coefficient (Wildman–Crippen LogP) is 1.43. The molecule has 0 saturated carbocycles. The lowest BCUT2D eigenvalue weighted by molar-refractivity contribution is -0.323. The molecule has 0 aliphatic carbocycles. The molecule has 0 bridgehead atoms. The molecule has 1 rings (SSSR count). The van der Waals surface area contributed by atoms with Crippen LogP contribution in [0.25, 0.3) is 0 Å². The summed E-state index contributed by atoms with van der Waals surface area (Å²) in [4.78, 5) is 11.3. The zero-order valence-electron chi connectivity index (χ0n) is 10.2. The van der Waals surface area contributed by atoms with Crippen molar-refractivity contribution in [3.8, 4) is 0 Å². The van der Waals surface area contributed by atoms with Gasteiger partial charge in [0.2, 0.25) is 5.91 Å². The summed E-state index contributed by atoms with van der Waals surface area (Å²) in [5.74, 6) is -0.282. The molecule has 4 nitrogen and oxygen atoms in total. The number of halogens is 3. The number of benzene rings is 1. The van der Waals surface area contributed by atoms with E-state index in [1.807, 2.05) is 30.3 Å². The maximum Gasteiger partial charge on any atom is 0.522 e. The second-order valence-electron chi connectivity index (χ2n) is 3.73. The highest BCUT2D eigenvalue weighted by Gasteiger charge is 2.28. The van der Waals surface area contributed by atoms with Crippen LogP contribution in [0.15, 0.2) is 30.3 Å². The van der Waals surface area contributed by atoms with Gasteiger partial charge in [-0.15, -0.1) is 13.2 Å². The van der Waals surface area contributed by atoms with E-state index in [1.54, 1.807) is 0 Å². The number of amides is 1. The third kappa shape index (κ3) is 8.17. The minimum absolute atomic E-state index is 0.0434. The average Bonchev–Trinajstić information content (AvgIpc) is 2.36. The van der Waals surface area contributed by atoms with Crippen molar-refractivity contribution >= 4 is 5.91 Å². The molecule has 1 amide bonds. The summed E-state index contributed by atoms with van der Waals surface area (Å²) < 4.78 is 38.4. The Balaban J connectivity index is 2.06. The van der Waals surface area contributed by atoms with Gasteiger partial charge in [-0.25, -0.2) is 0 Å². The summed E-state index contributed by atoms with van der Waals surface area (Å²) in [5.41, 5.74) is 0.955. The third-order valence-corrected chi connectivity index (χ3v) is 2.16. The Morgan fingerprint density at radius 1 is 1.21 bits per heavy atom. The first-order chi connectivity index (χ1) is 8.97. The van der Waals surface area contributed by atoms with Crippen LogP contribution in [0.4, 0.5) is 13.2 Å².